The molecule has 26 heavy (non-hydrogen) atoms. The maximum absolute atomic E-state index is 12.4. The van der Waals surface area contributed by atoms with Crippen LogP contribution in [0.25, 0.3) is 0 Å². The van der Waals surface area contributed by atoms with E-state index in [0.29, 0.717) is 46.7 Å². The number of ether oxygens (including phenoxy) is 2. The second-order valence-corrected chi connectivity index (χ2v) is 5.99. The van der Waals surface area contributed by atoms with E-state index in [0.717, 1.165) is 0 Å². The number of carbonyl (C=O) groups excluding carboxylic acids is 2. The largest absolute Gasteiger partial charge is 0.486 e. The molecular weight excluding hydrogens is 356 g/mol. The fourth-order valence-corrected chi connectivity index (χ4v) is 2.75. The second kappa shape index (κ2) is 7.49. The highest BCUT2D eigenvalue weighted by Gasteiger charge is 2.18. The minimum Gasteiger partial charge on any atom is -0.486 e. The predicted octanol–water partition coefficient (Wildman–Crippen LogP) is 3.51. The zero-order chi connectivity index (χ0) is 18.7. The van der Waals surface area contributed by atoms with Crippen molar-refractivity contribution in [3.8, 4) is 11.5 Å². The first kappa shape index (κ1) is 17.8. The third-order valence-corrected chi connectivity index (χ3v) is 4.16. The molecule has 6 nitrogen and oxygen atoms in total. The molecule has 0 atom stereocenters. The van der Waals surface area contributed by atoms with Crippen LogP contribution in [0.2, 0.25) is 5.02 Å². The van der Waals surface area contributed by atoms with E-state index in [9.17, 15) is 9.59 Å². The molecular formula is C19H17ClN2O4. The Hall–Kier alpha value is -2.99. The van der Waals surface area contributed by atoms with Crippen molar-refractivity contribution in [1.82, 2.24) is 0 Å². The first-order valence-corrected chi connectivity index (χ1v) is 8.28. The number of hydrogen-bond acceptors (Lipinski definition) is 4. The molecule has 0 aromatic heterocycles. The van der Waals surface area contributed by atoms with Gasteiger partial charge in [-0.2, -0.15) is 0 Å². The molecule has 3 rings (SSSR count). The first-order valence-electron chi connectivity index (χ1n) is 7.90. The molecule has 134 valence electrons. The van der Waals surface area contributed by atoms with E-state index in [4.69, 9.17) is 21.1 Å². The molecule has 1 heterocycles. The number of carbonyl (C=O) groups is 2. The molecule has 0 fully saturated rings. The normalized spacial score (nSPS) is 12.2. The molecule has 0 saturated carbocycles. The Balaban J connectivity index is 1.75. The average Bonchev–Trinajstić information content (AvgIpc) is 2.67. The van der Waals surface area contributed by atoms with Crippen molar-refractivity contribution in [2.45, 2.75) is 0 Å². The molecule has 0 radical (unpaired) electrons. The summed E-state index contributed by atoms with van der Waals surface area (Å²) in [7, 11) is 1.64. The zero-order valence-electron chi connectivity index (χ0n) is 14.1. The van der Waals surface area contributed by atoms with E-state index in [1.165, 1.54) is 11.0 Å². The Morgan fingerprint density at radius 2 is 1.88 bits per heavy atom. The highest BCUT2D eigenvalue weighted by molar-refractivity contribution is 6.32. The van der Waals surface area contributed by atoms with Gasteiger partial charge in [0.05, 0.1) is 5.02 Å². The lowest BCUT2D eigenvalue weighted by Crippen LogP contribution is -2.23. The lowest BCUT2D eigenvalue weighted by molar-refractivity contribution is -0.113. The first-order chi connectivity index (χ1) is 12.5. The summed E-state index contributed by atoms with van der Waals surface area (Å²) in [4.78, 5) is 25.5. The standard InChI is InChI=1S/C19H17ClN2O4/c1-3-17(23)22(2)14-6-4-12(5-7-14)19(24)21-13-10-15(20)18-16(11-13)25-8-9-26-18/h3-7,10-11H,1,8-9H2,2H3,(H,21,24). The van der Waals surface area contributed by atoms with Crippen LogP contribution in [0, 0.1) is 0 Å². The van der Waals surface area contributed by atoms with Crippen molar-refractivity contribution in [2.75, 3.05) is 30.5 Å². The quantitative estimate of drug-likeness (QED) is 0.834. The van der Waals surface area contributed by atoms with Crippen molar-refractivity contribution in [2.24, 2.45) is 0 Å². The number of nitrogens with zero attached hydrogens (tertiary/aromatic N) is 1. The number of benzene rings is 2. The van der Waals surface area contributed by atoms with E-state index in [1.807, 2.05) is 0 Å². The van der Waals surface area contributed by atoms with Crippen LogP contribution >= 0.6 is 11.6 Å². The van der Waals surface area contributed by atoms with Gasteiger partial charge in [0.2, 0.25) is 5.91 Å². The molecule has 0 aliphatic carbocycles. The molecule has 0 unspecified atom stereocenters. The number of hydrogen-bond donors (Lipinski definition) is 1. The number of likely N-dealkylation sites (N-methyl/N-ethyl adjacent to an activating group) is 1. The summed E-state index contributed by atoms with van der Waals surface area (Å²) in [6.07, 6.45) is 1.23. The second-order valence-electron chi connectivity index (χ2n) is 5.58. The van der Waals surface area contributed by atoms with Gasteiger partial charge in [0.1, 0.15) is 13.2 Å². The van der Waals surface area contributed by atoms with Crippen LogP contribution in [0.3, 0.4) is 0 Å². The topological polar surface area (TPSA) is 67.9 Å². The molecule has 0 bridgehead atoms. The SMILES string of the molecule is C=CC(=O)N(C)c1ccc(C(=O)Nc2cc(Cl)c3c(c2)OCCO3)cc1. The summed E-state index contributed by atoms with van der Waals surface area (Å²) < 4.78 is 11.0. The monoisotopic (exact) mass is 372 g/mol. The summed E-state index contributed by atoms with van der Waals surface area (Å²) in [6, 6.07) is 9.93. The lowest BCUT2D eigenvalue weighted by atomic mass is 10.1. The van der Waals surface area contributed by atoms with Gasteiger partial charge in [0.25, 0.3) is 5.91 Å². The van der Waals surface area contributed by atoms with Crippen LogP contribution in [0.15, 0.2) is 49.1 Å². The van der Waals surface area contributed by atoms with Crippen LogP contribution < -0.4 is 19.7 Å². The molecule has 0 spiro atoms. The van der Waals surface area contributed by atoms with E-state index >= 15 is 0 Å². The lowest BCUT2D eigenvalue weighted by Gasteiger charge is -2.20. The smallest absolute Gasteiger partial charge is 0.255 e. The number of nitrogens with one attached hydrogen (secondary N) is 1. The van der Waals surface area contributed by atoms with Gasteiger partial charge >= 0.3 is 0 Å². The minimum absolute atomic E-state index is 0.229. The number of halogens is 1. The Labute approximate surface area is 156 Å². The Morgan fingerprint density at radius 1 is 1.19 bits per heavy atom. The Bertz CT molecular complexity index is 865. The molecule has 1 aliphatic rings. The summed E-state index contributed by atoms with van der Waals surface area (Å²) in [6.45, 7) is 4.32. The van der Waals surface area contributed by atoms with Crippen molar-refractivity contribution < 1.29 is 19.1 Å². The average molecular weight is 373 g/mol. The molecule has 7 heteroatoms. The fourth-order valence-electron chi connectivity index (χ4n) is 2.49. The maximum atomic E-state index is 12.4. The molecule has 2 aromatic carbocycles. The third kappa shape index (κ3) is 3.65. The summed E-state index contributed by atoms with van der Waals surface area (Å²) >= 11 is 6.17. The summed E-state index contributed by atoms with van der Waals surface area (Å²) in [5.74, 6) is 0.448. The van der Waals surface area contributed by atoms with E-state index in [-0.39, 0.29) is 11.8 Å². The van der Waals surface area contributed by atoms with Crippen molar-refractivity contribution in [1.29, 1.82) is 0 Å². The molecule has 2 amide bonds. The number of rotatable bonds is 4. The van der Waals surface area contributed by atoms with Gasteiger partial charge in [-0.15, -0.1) is 0 Å². The van der Waals surface area contributed by atoms with Gasteiger partial charge in [-0.1, -0.05) is 18.2 Å². The highest BCUT2D eigenvalue weighted by atomic mass is 35.5. The minimum atomic E-state index is -0.304. The van der Waals surface area contributed by atoms with Crippen molar-refractivity contribution in [3.05, 3.63) is 59.6 Å². The van der Waals surface area contributed by atoms with E-state index in [2.05, 4.69) is 11.9 Å². The van der Waals surface area contributed by atoms with Gasteiger partial charge in [-0.25, -0.2) is 0 Å². The van der Waals surface area contributed by atoms with Crippen LogP contribution in [-0.4, -0.2) is 32.1 Å². The van der Waals surface area contributed by atoms with Gasteiger partial charge in [0, 0.05) is 30.1 Å². The summed E-state index contributed by atoms with van der Waals surface area (Å²) in [5.41, 5.74) is 1.61. The van der Waals surface area contributed by atoms with E-state index in [1.54, 1.807) is 43.4 Å². The van der Waals surface area contributed by atoms with Crippen LogP contribution in [0.5, 0.6) is 11.5 Å². The summed E-state index contributed by atoms with van der Waals surface area (Å²) in [5, 5.41) is 3.15. The van der Waals surface area contributed by atoms with Crippen LogP contribution in [0.4, 0.5) is 11.4 Å². The van der Waals surface area contributed by atoms with Crippen molar-refractivity contribution in [3.63, 3.8) is 0 Å². The Kier molecular flexibility index (Phi) is 5.14. The highest BCUT2D eigenvalue weighted by Crippen LogP contribution is 2.40. The van der Waals surface area contributed by atoms with E-state index < -0.39 is 0 Å². The maximum Gasteiger partial charge on any atom is 0.255 e. The molecule has 0 saturated heterocycles. The predicted molar refractivity (Wildman–Crippen MR) is 100 cm³/mol. The van der Waals surface area contributed by atoms with Crippen LogP contribution in [0.1, 0.15) is 10.4 Å². The van der Waals surface area contributed by atoms with Gasteiger partial charge in [-0.05, 0) is 36.4 Å². The third-order valence-electron chi connectivity index (χ3n) is 3.88. The Morgan fingerprint density at radius 3 is 2.58 bits per heavy atom. The molecule has 1 aliphatic heterocycles. The molecule has 2 aromatic rings. The number of anilines is 2. The number of fused-ring (bicyclic) bond motifs is 1. The fraction of sp³-hybridized carbons (Fsp3) is 0.158. The van der Waals surface area contributed by atoms with Crippen molar-refractivity contribution >= 4 is 34.8 Å². The van der Waals surface area contributed by atoms with Gasteiger partial charge in [0.15, 0.2) is 11.5 Å². The number of amides is 2. The van der Waals surface area contributed by atoms with Crippen LogP contribution in [-0.2, 0) is 4.79 Å². The molecule has 1 N–H and O–H groups in total. The zero-order valence-corrected chi connectivity index (χ0v) is 14.9. The van der Waals surface area contributed by atoms with Gasteiger partial charge in [-0.3, -0.25) is 9.59 Å². The van der Waals surface area contributed by atoms with Gasteiger partial charge < -0.3 is 19.7 Å².